The number of carbonyl (C=O) groups is 1. The molecule has 2 N–H and O–H groups in total. The summed E-state index contributed by atoms with van der Waals surface area (Å²) in [5.74, 6) is 0.342. The molecule has 0 unspecified atom stereocenters. The van der Waals surface area contributed by atoms with E-state index in [2.05, 4.69) is 0 Å². The van der Waals surface area contributed by atoms with Gasteiger partial charge in [0.1, 0.15) is 5.78 Å². The summed E-state index contributed by atoms with van der Waals surface area (Å²) in [6.07, 6.45) is 5.56. The first-order valence-corrected chi connectivity index (χ1v) is 4.47. The van der Waals surface area contributed by atoms with Crippen LogP contribution in [0.25, 0.3) is 0 Å². The van der Waals surface area contributed by atoms with Crippen molar-refractivity contribution < 1.29 is 4.79 Å². The molecule has 1 aliphatic carbocycles. The number of nitrogens with two attached hydrogens (primary N) is 1. The van der Waals surface area contributed by atoms with Gasteiger partial charge in [-0.25, -0.2) is 0 Å². The Morgan fingerprint density at radius 1 is 1.55 bits per heavy atom. The van der Waals surface area contributed by atoms with Gasteiger partial charge in [-0.2, -0.15) is 0 Å². The monoisotopic (exact) mass is 155 g/mol. The van der Waals surface area contributed by atoms with Crippen molar-refractivity contribution in [2.75, 3.05) is 0 Å². The first-order valence-electron chi connectivity index (χ1n) is 4.47. The van der Waals surface area contributed by atoms with E-state index in [1.165, 1.54) is 6.42 Å². The van der Waals surface area contributed by atoms with Crippen LogP contribution in [0.4, 0.5) is 0 Å². The van der Waals surface area contributed by atoms with Crippen molar-refractivity contribution in [1.82, 2.24) is 0 Å². The summed E-state index contributed by atoms with van der Waals surface area (Å²) in [7, 11) is 0. The lowest BCUT2D eigenvalue weighted by Gasteiger charge is -2.37. The van der Waals surface area contributed by atoms with Crippen LogP contribution in [-0.4, -0.2) is 11.3 Å². The maximum Gasteiger partial charge on any atom is 0.134 e. The summed E-state index contributed by atoms with van der Waals surface area (Å²) >= 11 is 0. The van der Waals surface area contributed by atoms with Crippen molar-refractivity contribution in [3.63, 3.8) is 0 Å². The van der Waals surface area contributed by atoms with Crippen LogP contribution in [0.1, 0.15) is 45.4 Å². The maximum atomic E-state index is 11.2. The molecular formula is C9H17NO. The minimum absolute atomic E-state index is 0.105. The van der Waals surface area contributed by atoms with Gasteiger partial charge in [-0.3, -0.25) is 4.79 Å². The predicted molar refractivity (Wildman–Crippen MR) is 45.3 cm³/mol. The molecule has 0 aromatic rings. The Balaban J connectivity index is 2.23. The molecule has 2 nitrogen and oxygen atoms in total. The molecule has 0 spiro atoms. The largest absolute Gasteiger partial charge is 0.325 e. The zero-order valence-electron chi connectivity index (χ0n) is 7.23. The number of ketones is 1. The molecule has 64 valence electrons. The van der Waals surface area contributed by atoms with Gasteiger partial charge < -0.3 is 5.73 Å². The average molecular weight is 155 g/mol. The molecule has 0 bridgehead atoms. The minimum atomic E-state index is -0.105. The zero-order chi connectivity index (χ0) is 8.32. The van der Waals surface area contributed by atoms with E-state index in [1.807, 2.05) is 6.92 Å². The number of rotatable bonds is 4. The Bertz CT molecular complexity index is 150. The predicted octanol–water partition coefficient (Wildman–Crippen LogP) is 1.63. The SMILES string of the molecule is CCCC(=O)CC1(N)CCC1. The van der Waals surface area contributed by atoms with Crippen molar-refractivity contribution in [3.8, 4) is 0 Å². The minimum Gasteiger partial charge on any atom is -0.325 e. The molecule has 0 aromatic heterocycles. The maximum absolute atomic E-state index is 11.2. The standard InChI is InChI=1S/C9H17NO/c1-2-4-8(11)7-9(10)5-3-6-9/h2-7,10H2,1H3. The Morgan fingerprint density at radius 3 is 2.55 bits per heavy atom. The van der Waals surface area contributed by atoms with E-state index in [9.17, 15) is 4.79 Å². The Hall–Kier alpha value is -0.370. The highest BCUT2D eigenvalue weighted by atomic mass is 16.1. The van der Waals surface area contributed by atoms with Gasteiger partial charge in [0.25, 0.3) is 0 Å². The molecule has 1 fully saturated rings. The lowest BCUT2D eigenvalue weighted by atomic mass is 9.74. The molecule has 0 amide bonds. The summed E-state index contributed by atoms with van der Waals surface area (Å²) in [5, 5.41) is 0. The highest BCUT2D eigenvalue weighted by Gasteiger charge is 2.33. The van der Waals surface area contributed by atoms with Gasteiger partial charge >= 0.3 is 0 Å². The quantitative estimate of drug-likeness (QED) is 0.670. The van der Waals surface area contributed by atoms with E-state index in [-0.39, 0.29) is 5.54 Å². The van der Waals surface area contributed by atoms with E-state index in [1.54, 1.807) is 0 Å². The first-order chi connectivity index (χ1) is 5.16. The lowest BCUT2D eigenvalue weighted by molar-refractivity contribution is -0.120. The van der Waals surface area contributed by atoms with E-state index in [0.29, 0.717) is 18.6 Å². The van der Waals surface area contributed by atoms with Crippen molar-refractivity contribution >= 4 is 5.78 Å². The van der Waals surface area contributed by atoms with Crippen LogP contribution in [0, 0.1) is 0 Å². The molecule has 1 saturated carbocycles. The van der Waals surface area contributed by atoms with Crippen molar-refractivity contribution in [1.29, 1.82) is 0 Å². The van der Waals surface area contributed by atoms with Crippen molar-refractivity contribution in [2.45, 2.75) is 51.0 Å². The number of Topliss-reactive ketones (excluding diaryl/α,β-unsaturated/α-hetero) is 1. The molecule has 1 aliphatic rings. The van der Waals surface area contributed by atoms with Gasteiger partial charge in [0, 0.05) is 18.4 Å². The molecule has 0 radical (unpaired) electrons. The Morgan fingerprint density at radius 2 is 2.18 bits per heavy atom. The van der Waals surface area contributed by atoms with Crippen LogP contribution in [0.2, 0.25) is 0 Å². The second-order valence-corrected chi connectivity index (χ2v) is 3.68. The van der Waals surface area contributed by atoms with E-state index >= 15 is 0 Å². The highest BCUT2D eigenvalue weighted by molar-refractivity contribution is 5.79. The van der Waals surface area contributed by atoms with Gasteiger partial charge in [-0.15, -0.1) is 0 Å². The zero-order valence-corrected chi connectivity index (χ0v) is 7.23. The van der Waals surface area contributed by atoms with Gasteiger partial charge in [0.05, 0.1) is 0 Å². The van der Waals surface area contributed by atoms with Crippen LogP contribution in [-0.2, 0) is 4.79 Å². The third-order valence-corrected chi connectivity index (χ3v) is 2.43. The van der Waals surface area contributed by atoms with E-state index < -0.39 is 0 Å². The van der Waals surface area contributed by atoms with Crippen LogP contribution in [0.3, 0.4) is 0 Å². The topological polar surface area (TPSA) is 43.1 Å². The molecule has 0 heterocycles. The molecular weight excluding hydrogens is 138 g/mol. The Labute approximate surface area is 68.2 Å². The molecule has 0 atom stereocenters. The van der Waals surface area contributed by atoms with Gasteiger partial charge in [-0.05, 0) is 25.7 Å². The second kappa shape index (κ2) is 3.35. The van der Waals surface area contributed by atoms with E-state index in [0.717, 1.165) is 19.3 Å². The number of hydrogen-bond acceptors (Lipinski definition) is 2. The van der Waals surface area contributed by atoms with E-state index in [4.69, 9.17) is 5.73 Å². The Kier molecular flexibility index (Phi) is 2.66. The summed E-state index contributed by atoms with van der Waals surface area (Å²) in [5.41, 5.74) is 5.81. The van der Waals surface area contributed by atoms with Crippen LogP contribution in [0.5, 0.6) is 0 Å². The summed E-state index contributed by atoms with van der Waals surface area (Å²) in [6.45, 7) is 2.03. The molecule has 1 rings (SSSR count). The first kappa shape index (κ1) is 8.72. The molecule has 2 heteroatoms. The summed E-state index contributed by atoms with van der Waals surface area (Å²) in [6, 6.07) is 0. The highest BCUT2D eigenvalue weighted by Crippen LogP contribution is 2.32. The molecule has 0 aromatic carbocycles. The van der Waals surface area contributed by atoms with Crippen LogP contribution < -0.4 is 5.73 Å². The third kappa shape index (κ3) is 2.29. The van der Waals surface area contributed by atoms with Gasteiger partial charge in [-0.1, -0.05) is 6.92 Å². The molecule has 11 heavy (non-hydrogen) atoms. The molecule has 0 aliphatic heterocycles. The van der Waals surface area contributed by atoms with Gasteiger partial charge in [0.2, 0.25) is 0 Å². The average Bonchev–Trinajstić information content (AvgIpc) is 1.85. The van der Waals surface area contributed by atoms with Gasteiger partial charge in [0.15, 0.2) is 0 Å². The molecule has 0 saturated heterocycles. The summed E-state index contributed by atoms with van der Waals surface area (Å²) in [4.78, 5) is 11.2. The fourth-order valence-electron chi connectivity index (χ4n) is 1.57. The van der Waals surface area contributed by atoms with Crippen molar-refractivity contribution in [2.24, 2.45) is 5.73 Å². The third-order valence-electron chi connectivity index (χ3n) is 2.43. The number of hydrogen-bond donors (Lipinski definition) is 1. The fraction of sp³-hybridized carbons (Fsp3) is 0.889. The fourth-order valence-corrected chi connectivity index (χ4v) is 1.57. The smallest absolute Gasteiger partial charge is 0.134 e. The number of carbonyl (C=O) groups excluding carboxylic acids is 1. The second-order valence-electron chi connectivity index (χ2n) is 3.68. The van der Waals surface area contributed by atoms with Crippen LogP contribution in [0.15, 0.2) is 0 Å². The van der Waals surface area contributed by atoms with Crippen molar-refractivity contribution in [3.05, 3.63) is 0 Å². The lowest BCUT2D eigenvalue weighted by Crippen LogP contribution is -2.48. The normalized spacial score (nSPS) is 20.9. The van der Waals surface area contributed by atoms with Crippen LogP contribution >= 0.6 is 0 Å². The summed E-state index contributed by atoms with van der Waals surface area (Å²) < 4.78 is 0.